The first kappa shape index (κ1) is 13.2. The Labute approximate surface area is 110 Å². The van der Waals surface area contributed by atoms with Gasteiger partial charge in [0.05, 0.1) is 12.6 Å². The molecule has 1 saturated carbocycles. The Balaban J connectivity index is 2.25. The molecule has 1 aromatic rings. The summed E-state index contributed by atoms with van der Waals surface area (Å²) in [6.07, 6.45) is 4.19. The zero-order valence-electron chi connectivity index (χ0n) is 10.4. The summed E-state index contributed by atoms with van der Waals surface area (Å²) in [5, 5.41) is 6.74. The van der Waals surface area contributed by atoms with E-state index in [1.54, 1.807) is 11.6 Å². The molecular formula is C11H18N4O2S. The molecule has 0 saturated heterocycles. The second-order valence-corrected chi connectivity index (χ2v) is 4.86. The summed E-state index contributed by atoms with van der Waals surface area (Å²) in [4.78, 5) is 11.6. The number of hydrogen-bond donors (Lipinski definition) is 2. The van der Waals surface area contributed by atoms with Gasteiger partial charge in [0, 0.05) is 6.04 Å². The van der Waals surface area contributed by atoms with E-state index in [9.17, 15) is 4.79 Å². The number of hydrogen-bond acceptors (Lipinski definition) is 5. The Morgan fingerprint density at radius 2 is 2.33 bits per heavy atom. The highest BCUT2D eigenvalue weighted by Gasteiger charge is 2.26. The molecule has 0 unspecified atom stereocenters. The highest BCUT2D eigenvalue weighted by molar-refractivity contribution is 7.71. The summed E-state index contributed by atoms with van der Waals surface area (Å²) in [5.74, 6) is -0.484. The van der Waals surface area contributed by atoms with E-state index in [4.69, 9.17) is 22.7 Å². The average molecular weight is 270 g/mol. The largest absolute Gasteiger partial charge is 0.461 e. The van der Waals surface area contributed by atoms with Crippen molar-refractivity contribution in [3.8, 4) is 0 Å². The van der Waals surface area contributed by atoms with Crippen molar-refractivity contribution in [2.45, 2.75) is 44.7 Å². The number of rotatable bonds is 3. The summed E-state index contributed by atoms with van der Waals surface area (Å²) in [6.45, 7) is 2.06. The fraction of sp³-hybridized carbons (Fsp3) is 0.727. The van der Waals surface area contributed by atoms with Crippen molar-refractivity contribution in [2.24, 2.45) is 5.73 Å². The molecule has 0 amide bonds. The number of H-pyrrole nitrogens is 1. The van der Waals surface area contributed by atoms with Crippen LogP contribution in [0.15, 0.2) is 0 Å². The lowest BCUT2D eigenvalue weighted by Crippen LogP contribution is -2.35. The number of carbonyl (C=O) groups is 1. The lowest BCUT2D eigenvalue weighted by atomic mass is 9.91. The van der Waals surface area contributed by atoms with Crippen molar-refractivity contribution in [3.05, 3.63) is 10.3 Å². The second kappa shape index (κ2) is 5.62. The fourth-order valence-corrected chi connectivity index (χ4v) is 2.63. The quantitative estimate of drug-likeness (QED) is 0.643. The standard InChI is InChI=1S/C11H18N4O2S/c1-2-17-11(16)9-10(18)15(14-13-9)8-6-4-3-5-7(8)12/h7-8,14H,2-6,12H2,1H3/t7-,8-/m0/s1. The van der Waals surface area contributed by atoms with E-state index in [2.05, 4.69) is 10.3 Å². The van der Waals surface area contributed by atoms with Crippen LogP contribution in [0.25, 0.3) is 0 Å². The SMILES string of the molecule is CCOC(=O)c1n[nH]n([C@H]2CCCC[C@@H]2N)c1=S. The van der Waals surface area contributed by atoms with Crippen LogP contribution in [0.2, 0.25) is 0 Å². The summed E-state index contributed by atoms with van der Waals surface area (Å²) in [5.41, 5.74) is 6.26. The zero-order valence-corrected chi connectivity index (χ0v) is 11.2. The summed E-state index contributed by atoms with van der Waals surface area (Å²) in [6, 6.07) is 0.155. The predicted molar refractivity (Wildman–Crippen MR) is 68.8 cm³/mol. The highest BCUT2D eigenvalue weighted by Crippen LogP contribution is 2.27. The molecule has 3 N–H and O–H groups in total. The van der Waals surface area contributed by atoms with Gasteiger partial charge in [-0.3, -0.25) is 4.68 Å². The Hall–Kier alpha value is -1.21. The van der Waals surface area contributed by atoms with Crippen molar-refractivity contribution in [2.75, 3.05) is 6.61 Å². The maximum Gasteiger partial charge on any atom is 0.362 e. The van der Waals surface area contributed by atoms with Crippen LogP contribution in [0.3, 0.4) is 0 Å². The van der Waals surface area contributed by atoms with Gasteiger partial charge in [-0.15, -0.1) is 5.10 Å². The van der Waals surface area contributed by atoms with E-state index in [0.717, 1.165) is 25.7 Å². The number of nitrogens with two attached hydrogens (primary N) is 1. The molecule has 7 heteroatoms. The zero-order chi connectivity index (χ0) is 13.1. The van der Waals surface area contributed by atoms with E-state index in [1.807, 2.05) is 0 Å². The minimum atomic E-state index is -0.484. The third-order valence-electron chi connectivity index (χ3n) is 3.27. The van der Waals surface area contributed by atoms with Crippen LogP contribution in [0, 0.1) is 4.64 Å². The number of ether oxygens (including phenoxy) is 1. The van der Waals surface area contributed by atoms with Crippen LogP contribution >= 0.6 is 12.2 Å². The predicted octanol–water partition coefficient (Wildman–Crippen LogP) is 1.56. The molecule has 1 aliphatic carbocycles. The lowest BCUT2D eigenvalue weighted by Gasteiger charge is -2.28. The van der Waals surface area contributed by atoms with Gasteiger partial charge < -0.3 is 10.5 Å². The molecule has 1 aromatic heterocycles. The smallest absolute Gasteiger partial charge is 0.362 e. The van der Waals surface area contributed by atoms with Crippen LogP contribution in [0.1, 0.15) is 49.1 Å². The van der Waals surface area contributed by atoms with E-state index >= 15 is 0 Å². The highest BCUT2D eigenvalue weighted by atomic mass is 32.1. The minimum Gasteiger partial charge on any atom is -0.461 e. The molecule has 18 heavy (non-hydrogen) atoms. The topological polar surface area (TPSA) is 85.9 Å². The molecule has 1 fully saturated rings. The molecule has 0 aliphatic heterocycles. The first-order valence-corrected chi connectivity index (χ1v) is 6.65. The fourth-order valence-electron chi connectivity index (χ4n) is 2.33. The molecule has 0 aromatic carbocycles. The molecule has 1 aliphatic rings. The van der Waals surface area contributed by atoms with Crippen LogP contribution in [-0.4, -0.2) is 33.6 Å². The van der Waals surface area contributed by atoms with Crippen LogP contribution in [0.5, 0.6) is 0 Å². The number of carbonyl (C=O) groups excluding carboxylic acids is 1. The maximum atomic E-state index is 11.6. The summed E-state index contributed by atoms with van der Waals surface area (Å²) >= 11 is 5.26. The van der Waals surface area contributed by atoms with E-state index in [0.29, 0.717) is 11.2 Å². The minimum absolute atomic E-state index is 0.0564. The lowest BCUT2D eigenvalue weighted by molar-refractivity contribution is 0.0518. The Kier molecular flexibility index (Phi) is 4.13. The van der Waals surface area contributed by atoms with Gasteiger partial charge in [-0.25, -0.2) is 10.0 Å². The maximum absolute atomic E-state index is 11.6. The Bertz CT molecular complexity index is 482. The van der Waals surface area contributed by atoms with Crippen molar-refractivity contribution in [1.29, 1.82) is 0 Å². The van der Waals surface area contributed by atoms with Gasteiger partial charge in [-0.2, -0.15) is 0 Å². The first-order chi connectivity index (χ1) is 8.65. The molecule has 100 valence electrons. The molecular weight excluding hydrogens is 252 g/mol. The van der Waals surface area contributed by atoms with E-state index < -0.39 is 5.97 Å². The third-order valence-corrected chi connectivity index (χ3v) is 3.66. The molecule has 1 heterocycles. The number of esters is 1. The van der Waals surface area contributed by atoms with Crippen LogP contribution < -0.4 is 5.73 Å². The number of nitrogens with zero attached hydrogens (tertiary/aromatic N) is 2. The van der Waals surface area contributed by atoms with Crippen LogP contribution in [-0.2, 0) is 4.74 Å². The van der Waals surface area contributed by atoms with Crippen molar-refractivity contribution in [3.63, 3.8) is 0 Å². The van der Waals surface area contributed by atoms with Gasteiger partial charge in [-0.05, 0) is 19.8 Å². The second-order valence-electron chi connectivity index (χ2n) is 4.47. The number of aromatic nitrogens is 3. The third kappa shape index (κ3) is 2.46. The molecule has 0 spiro atoms. The molecule has 0 bridgehead atoms. The normalized spacial score (nSPS) is 23.9. The van der Waals surface area contributed by atoms with E-state index in [-0.39, 0.29) is 17.8 Å². The van der Waals surface area contributed by atoms with E-state index in [1.165, 1.54) is 0 Å². The Morgan fingerprint density at radius 1 is 1.61 bits per heavy atom. The number of aromatic amines is 1. The van der Waals surface area contributed by atoms with Gasteiger partial charge in [0.15, 0.2) is 4.64 Å². The monoisotopic (exact) mass is 270 g/mol. The van der Waals surface area contributed by atoms with Gasteiger partial charge >= 0.3 is 5.97 Å². The number of nitrogens with one attached hydrogen (secondary N) is 1. The Morgan fingerprint density at radius 3 is 3.00 bits per heavy atom. The molecule has 2 rings (SSSR count). The average Bonchev–Trinajstić information content (AvgIpc) is 2.72. The molecule has 2 atom stereocenters. The van der Waals surface area contributed by atoms with Gasteiger partial charge in [0.25, 0.3) is 0 Å². The summed E-state index contributed by atoms with van der Waals surface area (Å²) in [7, 11) is 0. The van der Waals surface area contributed by atoms with Crippen molar-refractivity contribution in [1.82, 2.24) is 15.0 Å². The van der Waals surface area contributed by atoms with Crippen LogP contribution in [0.4, 0.5) is 0 Å². The van der Waals surface area contributed by atoms with Gasteiger partial charge in [0.2, 0.25) is 5.69 Å². The van der Waals surface area contributed by atoms with Crippen molar-refractivity contribution < 1.29 is 9.53 Å². The van der Waals surface area contributed by atoms with Crippen molar-refractivity contribution >= 4 is 18.2 Å². The van der Waals surface area contributed by atoms with Gasteiger partial charge in [0.1, 0.15) is 0 Å². The molecule has 0 radical (unpaired) electrons. The molecule has 6 nitrogen and oxygen atoms in total. The summed E-state index contributed by atoms with van der Waals surface area (Å²) < 4.78 is 7.02. The van der Waals surface area contributed by atoms with Gasteiger partial charge in [-0.1, -0.05) is 25.1 Å². The first-order valence-electron chi connectivity index (χ1n) is 6.24.